The molecular weight excluding hydrogens is 472 g/mol. The number of nitrogens with one attached hydrogen (secondary N) is 5. The van der Waals surface area contributed by atoms with Crippen LogP contribution in [0, 0.1) is 0 Å². The van der Waals surface area contributed by atoms with E-state index in [1.54, 1.807) is 24.4 Å². The van der Waals surface area contributed by atoms with Gasteiger partial charge >= 0.3 is 0 Å². The van der Waals surface area contributed by atoms with Crippen LogP contribution in [0.2, 0.25) is 0 Å². The van der Waals surface area contributed by atoms with Crippen LogP contribution in [0.3, 0.4) is 0 Å². The van der Waals surface area contributed by atoms with Crippen molar-refractivity contribution in [3.8, 4) is 17.0 Å². The third-order valence-corrected chi connectivity index (χ3v) is 6.87. The second-order valence-electron chi connectivity index (χ2n) is 9.21. The highest BCUT2D eigenvalue weighted by molar-refractivity contribution is 6.06. The number of benzene rings is 1. The van der Waals surface area contributed by atoms with E-state index < -0.39 is 11.8 Å². The van der Waals surface area contributed by atoms with Crippen molar-refractivity contribution in [2.75, 3.05) is 37.4 Å². The number of hydrogen-bond donors (Lipinski definition) is 5. The molecule has 1 atom stereocenters. The smallest absolute Gasteiger partial charge is 0.256 e. The minimum absolute atomic E-state index is 0.0878. The molecule has 2 aromatic heterocycles. The highest BCUT2D eigenvalue weighted by Gasteiger charge is 2.42. The van der Waals surface area contributed by atoms with E-state index in [4.69, 9.17) is 4.74 Å². The Morgan fingerprint density at radius 1 is 1.16 bits per heavy atom. The van der Waals surface area contributed by atoms with Gasteiger partial charge < -0.3 is 31.0 Å². The molecule has 4 heterocycles. The van der Waals surface area contributed by atoms with Gasteiger partial charge in [0, 0.05) is 47.2 Å². The van der Waals surface area contributed by atoms with Crippen molar-refractivity contribution in [2.24, 2.45) is 0 Å². The summed E-state index contributed by atoms with van der Waals surface area (Å²) >= 11 is 0. The quantitative estimate of drug-likeness (QED) is 0.330. The first-order valence-electron chi connectivity index (χ1n) is 12.0. The molecule has 5 N–H and O–H groups in total. The lowest BCUT2D eigenvalue weighted by Crippen LogP contribution is -2.54. The largest absolute Gasteiger partial charge is 0.495 e. The maximum absolute atomic E-state index is 13.0. The van der Waals surface area contributed by atoms with Gasteiger partial charge in [0.1, 0.15) is 11.6 Å². The molecular formula is C27H28N6O4. The standard InChI is InChI=1S/C27H28N6O4/c1-3-23(34)31-20-11-17(5-6-21(20)37-2)25(35)33-22-12-16(7-10-29-22)19-13-18-24(32-19)27(15-30-26(18)36)8-4-9-28-14-27/h3,5-7,10-13,28,32H,1,4,8-9,14-15H2,2H3,(H,30,36)(H,31,34)(H,29,33,35). The number of fused-ring (bicyclic) bond motifs is 2. The number of hydrogen-bond acceptors (Lipinski definition) is 6. The molecule has 10 heteroatoms. The van der Waals surface area contributed by atoms with E-state index in [-0.39, 0.29) is 11.3 Å². The Kier molecular flexibility index (Phi) is 6.49. The van der Waals surface area contributed by atoms with Gasteiger partial charge in [0.25, 0.3) is 11.8 Å². The van der Waals surface area contributed by atoms with E-state index in [1.165, 1.54) is 13.2 Å². The van der Waals surface area contributed by atoms with Gasteiger partial charge in [0.2, 0.25) is 5.91 Å². The molecule has 190 valence electrons. The Morgan fingerprint density at radius 3 is 2.78 bits per heavy atom. The Hall–Kier alpha value is -4.44. The van der Waals surface area contributed by atoms with Crippen LogP contribution in [0.1, 0.15) is 39.3 Å². The number of aromatic amines is 1. The normalized spacial score (nSPS) is 18.5. The molecule has 2 aliphatic rings. The zero-order valence-electron chi connectivity index (χ0n) is 20.4. The minimum Gasteiger partial charge on any atom is -0.495 e. The number of methoxy groups -OCH3 is 1. The highest BCUT2D eigenvalue weighted by Crippen LogP contribution is 2.37. The van der Waals surface area contributed by atoms with E-state index in [2.05, 4.69) is 37.8 Å². The summed E-state index contributed by atoms with van der Waals surface area (Å²) in [4.78, 5) is 45.1. The average molecular weight is 501 g/mol. The van der Waals surface area contributed by atoms with Crippen LogP contribution < -0.4 is 26.0 Å². The molecule has 2 aliphatic heterocycles. The van der Waals surface area contributed by atoms with E-state index in [1.807, 2.05) is 12.1 Å². The van der Waals surface area contributed by atoms with Gasteiger partial charge in [0.15, 0.2) is 0 Å². The number of pyridine rings is 1. The average Bonchev–Trinajstić information content (AvgIpc) is 3.39. The summed E-state index contributed by atoms with van der Waals surface area (Å²) in [6, 6.07) is 10.2. The van der Waals surface area contributed by atoms with Crippen molar-refractivity contribution in [2.45, 2.75) is 18.3 Å². The van der Waals surface area contributed by atoms with E-state index >= 15 is 0 Å². The van der Waals surface area contributed by atoms with Crippen molar-refractivity contribution >= 4 is 29.2 Å². The Balaban J connectivity index is 1.40. The summed E-state index contributed by atoms with van der Waals surface area (Å²) in [5, 5.41) is 11.9. The lowest BCUT2D eigenvalue weighted by Gasteiger charge is -2.40. The second kappa shape index (κ2) is 9.90. The number of H-pyrrole nitrogens is 1. The number of ether oxygens (including phenoxy) is 1. The number of amides is 3. The molecule has 1 spiro atoms. The molecule has 3 aromatic rings. The van der Waals surface area contributed by atoms with Gasteiger partial charge in [-0.25, -0.2) is 4.98 Å². The fourth-order valence-electron chi connectivity index (χ4n) is 4.96. The van der Waals surface area contributed by atoms with Crippen molar-refractivity contribution < 1.29 is 19.1 Å². The predicted molar refractivity (Wildman–Crippen MR) is 140 cm³/mol. The van der Waals surface area contributed by atoms with Crippen molar-refractivity contribution in [3.63, 3.8) is 0 Å². The third-order valence-electron chi connectivity index (χ3n) is 6.87. The molecule has 0 bridgehead atoms. The number of rotatable bonds is 6. The Morgan fingerprint density at radius 2 is 2.03 bits per heavy atom. The monoisotopic (exact) mass is 500 g/mol. The van der Waals surface area contributed by atoms with Gasteiger partial charge in [-0.3, -0.25) is 14.4 Å². The van der Waals surface area contributed by atoms with Gasteiger partial charge in [0.05, 0.1) is 18.4 Å². The van der Waals surface area contributed by atoms with Crippen molar-refractivity contribution in [1.29, 1.82) is 0 Å². The molecule has 3 amide bonds. The zero-order chi connectivity index (χ0) is 26.0. The highest BCUT2D eigenvalue weighted by atomic mass is 16.5. The molecule has 1 saturated heterocycles. The molecule has 0 saturated carbocycles. The van der Waals surface area contributed by atoms with Crippen molar-refractivity contribution in [1.82, 2.24) is 20.6 Å². The van der Waals surface area contributed by atoms with E-state index in [0.29, 0.717) is 34.9 Å². The van der Waals surface area contributed by atoms with Crippen LogP contribution >= 0.6 is 0 Å². The van der Waals surface area contributed by atoms with Crippen LogP contribution in [-0.4, -0.2) is 54.4 Å². The lowest BCUT2D eigenvalue weighted by molar-refractivity contribution is -0.111. The molecule has 10 nitrogen and oxygen atoms in total. The summed E-state index contributed by atoms with van der Waals surface area (Å²) in [6.45, 7) is 5.81. The number of piperidine rings is 1. The first-order chi connectivity index (χ1) is 17.9. The SMILES string of the molecule is C=CC(=O)Nc1cc(C(=O)Nc2cc(-c3cc4c([nH]3)C3(CCCNC3)CNC4=O)ccn2)ccc1OC. The van der Waals surface area contributed by atoms with Crippen LogP contribution in [0.5, 0.6) is 5.75 Å². The molecule has 1 unspecified atom stereocenters. The first kappa shape index (κ1) is 24.3. The predicted octanol–water partition coefficient (Wildman–Crippen LogP) is 2.83. The number of carbonyl (C=O) groups is 3. The number of nitrogens with zero attached hydrogens (tertiary/aromatic N) is 1. The maximum atomic E-state index is 13.0. The molecule has 0 radical (unpaired) electrons. The molecule has 37 heavy (non-hydrogen) atoms. The summed E-state index contributed by atoms with van der Waals surface area (Å²) in [7, 11) is 1.47. The Labute approximate surface area is 213 Å². The molecule has 1 fully saturated rings. The lowest BCUT2D eigenvalue weighted by atomic mass is 9.74. The molecule has 1 aromatic carbocycles. The number of carbonyl (C=O) groups excluding carboxylic acids is 3. The maximum Gasteiger partial charge on any atom is 0.256 e. The number of anilines is 2. The van der Waals surface area contributed by atoms with Gasteiger partial charge in [-0.2, -0.15) is 0 Å². The first-order valence-corrected chi connectivity index (χ1v) is 12.0. The van der Waals surface area contributed by atoms with Gasteiger partial charge in [-0.1, -0.05) is 6.58 Å². The topological polar surface area (TPSA) is 137 Å². The van der Waals surface area contributed by atoms with Crippen molar-refractivity contribution in [3.05, 3.63) is 72.1 Å². The number of aromatic nitrogens is 2. The summed E-state index contributed by atoms with van der Waals surface area (Å²) < 4.78 is 5.26. The van der Waals surface area contributed by atoms with Crippen LogP contribution in [0.4, 0.5) is 11.5 Å². The molecule has 5 rings (SSSR count). The summed E-state index contributed by atoms with van der Waals surface area (Å²) in [5.41, 5.74) is 3.68. The van der Waals surface area contributed by atoms with Crippen LogP contribution in [0.15, 0.2) is 55.3 Å². The van der Waals surface area contributed by atoms with E-state index in [9.17, 15) is 14.4 Å². The fraction of sp³-hybridized carbons (Fsp3) is 0.259. The Bertz CT molecular complexity index is 1390. The fourth-order valence-corrected chi connectivity index (χ4v) is 4.96. The third kappa shape index (κ3) is 4.70. The van der Waals surface area contributed by atoms with Gasteiger partial charge in [-0.15, -0.1) is 0 Å². The van der Waals surface area contributed by atoms with Gasteiger partial charge in [-0.05, 0) is 61.9 Å². The van der Waals surface area contributed by atoms with Crippen LogP contribution in [0.25, 0.3) is 11.3 Å². The second-order valence-corrected chi connectivity index (χ2v) is 9.21. The van der Waals surface area contributed by atoms with E-state index in [0.717, 1.165) is 49.0 Å². The summed E-state index contributed by atoms with van der Waals surface area (Å²) in [6.07, 6.45) is 4.77. The molecule has 0 aliphatic carbocycles. The van der Waals surface area contributed by atoms with Crippen LogP contribution in [-0.2, 0) is 10.2 Å². The zero-order valence-corrected chi connectivity index (χ0v) is 20.4. The minimum atomic E-state index is -0.418. The summed E-state index contributed by atoms with van der Waals surface area (Å²) in [5.74, 6) is -0.147.